The molecular weight excluding hydrogens is 419 g/mol. The Labute approximate surface area is 156 Å². The number of alkyl halides is 3. The van der Waals surface area contributed by atoms with Crippen LogP contribution in [0.4, 0.5) is 18.9 Å². The number of amides is 2. The number of nitrogens with one attached hydrogen (secondary N) is 1. The standard InChI is InChI=1S/C16H17BrF3N3O3/c1-2-3-4-12-9-15(26,16(18,19)20)23(22-12)14(25)13(24)21-11-7-5-10(17)6-8-11/h5-8,26H,2-4,9H2,1H3,(H,21,24). The van der Waals surface area contributed by atoms with Gasteiger partial charge in [0.25, 0.3) is 5.72 Å². The normalized spacial score (nSPS) is 20.1. The van der Waals surface area contributed by atoms with Gasteiger partial charge < -0.3 is 10.4 Å². The van der Waals surface area contributed by atoms with Crippen molar-refractivity contribution in [3.8, 4) is 0 Å². The first-order valence-electron chi connectivity index (χ1n) is 7.85. The zero-order valence-corrected chi connectivity index (χ0v) is 15.4. The Morgan fingerprint density at radius 1 is 1.35 bits per heavy atom. The van der Waals surface area contributed by atoms with E-state index in [0.29, 0.717) is 12.8 Å². The Morgan fingerprint density at radius 2 is 1.96 bits per heavy atom. The number of carbonyl (C=O) groups is 2. The highest BCUT2D eigenvalue weighted by atomic mass is 79.9. The van der Waals surface area contributed by atoms with E-state index in [4.69, 9.17) is 0 Å². The molecule has 1 unspecified atom stereocenters. The minimum absolute atomic E-state index is 0.0245. The third-order valence-electron chi connectivity index (χ3n) is 3.80. The summed E-state index contributed by atoms with van der Waals surface area (Å²) in [5.74, 6) is -2.91. The van der Waals surface area contributed by atoms with Crippen molar-refractivity contribution in [2.24, 2.45) is 5.10 Å². The molecule has 10 heteroatoms. The molecule has 0 radical (unpaired) electrons. The van der Waals surface area contributed by atoms with Gasteiger partial charge in [-0.05, 0) is 37.1 Å². The van der Waals surface area contributed by atoms with Gasteiger partial charge in [-0.2, -0.15) is 23.3 Å². The van der Waals surface area contributed by atoms with Gasteiger partial charge in [-0.15, -0.1) is 0 Å². The van der Waals surface area contributed by atoms with Crippen molar-refractivity contribution >= 4 is 39.1 Å². The maximum Gasteiger partial charge on any atom is 0.438 e. The molecule has 26 heavy (non-hydrogen) atoms. The summed E-state index contributed by atoms with van der Waals surface area (Å²) in [6.07, 6.45) is -4.56. The number of anilines is 1. The molecule has 0 aromatic heterocycles. The summed E-state index contributed by atoms with van der Waals surface area (Å²) in [5.41, 5.74) is -3.28. The first-order chi connectivity index (χ1) is 12.1. The van der Waals surface area contributed by atoms with Crippen molar-refractivity contribution in [3.63, 3.8) is 0 Å². The Kier molecular flexibility index (Phi) is 6.07. The number of rotatable bonds is 4. The number of aliphatic hydroxyl groups is 1. The number of unbranched alkanes of at least 4 members (excludes halogenated alkanes) is 1. The predicted molar refractivity (Wildman–Crippen MR) is 92.2 cm³/mol. The van der Waals surface area contributed by atoms with Gasteiger partial charge in [0.05, 0.1) is 0 Å². The Morgan fingerprint density at radius 3 is 2.50 bits per heavy atom. The van der Waals surface area contributed by atoms with Crippen LogP contribution in [0.3, 0.4) is 0 Å². The van der Waals surface area contributed by atoms with E-state index in [-0.39, 0.29) is 22.8 Å². The number of hydrogen-bond donors (Lipinski definition) is 2. The van der Waals surface area contributed by atoms with Crippen LogP contribution in [0.15, 0.2) is 33.8 Å². The third-order valence-corrected chi connectivity index (χ3v) is 4.33. The van der Waals surface area contributed by atoms with Gasteiger partial charge >= 0.3 is 18.0 Å². The highest BCUT2D eigenvalue weighted by molar-refractivity contribution is 9.10. The smallest absolute Gasteiger partial charge is 0.362 e. The lowest BCUT2D eigenvalue weighted by molar-refractivity contribution is -0.301. The lowest BCUT2D eigenvalue weighted by Gasteiger charge is -2.32. The van der Waals surface area contributed by atoms with E-state index in [2.05, 4.69) is 26.3 Å². The zero-order valence-electron chi connectivity index (χ0n) is 13.8. The molecule has 2 rings (SSSR count). The molecule has 1 atom stereocenters. The summed E-state index contributed by atoms with van der Waals surface area (Å²) in [6, 6.07) is 6.10. The predicted octanol–water partition coefficient (Wildman–Crippen LogP) is 3.42. The first kappa shape index (κ1) is 20.4. The summed E-state index contributed by atoms with van der Waals surface area (Å²) in [6.45, 7) is 1.85. The number of hydrazone groups is 1. The van der Waals surface area contributed by atoms with E-state index in [9.17, 15) is 27.9 Å². The van der Waals surface area contributed by atoms with Crippen molar-refractivity contribution < 1.29 is 27.9 Å². The topological polar surface area (TPSA) is 82.0 Å². The number of carbonyl (C=O) groups excluding carboxylic acids is 2. The van der Waals surface area contributed by atoms with Crippen molar-refractivity contribution in [1.82, 2.24) is 5.01 Å². The molecule has 1 aromatic carbocycles. The SMILES string of the molecule is CCCCC1=NN(C(=O)C(=O)Nc2ccc(Br)cc2)C(O)(C(F)(F)F)C1. The van der Waals surface area contributed by atoms with E-state index in [1.807, 2.05) is 6.92 Å². The fourth-order valence-electron chi connectivity index (χ4n) is 2.39. The van der Waals surface area contributed by atoms with Crippen LogP contribution in [-0.4, -0.2) is 39.5 Å². The van der Waals surface area contributed by atoms with Gasteiger partial charge in [0.2, 0.25) is 0 Å². The van der Waals surface area contributed by atoms with Gasteiger partial charge in [0, 0.05) is 22.3 Å². The quantitative estimate of drug-likeness (QED) is 0.710. The third kappa shape index (κ3) is 4.24. The Hall–Kier alpha value is -1.94. The fraction of sp³-hybridized carbons (Fsp3) is 0.438. The van der Waals surface area contributed by atoms with E-state index < -0.39 is 30.1 Å². The van der Waals surface area contributed by atoms with Crippen LogP contribution < -0.4 is 5.32 Å². The second kappa shape index (κ2) is 7.75. The molecule has 6 nitrogen and oxygen atoms in total. The average Bonchev–Trinajstić information content (AvgIpc) is 2.92. The van der Waals surface area contributed by atoms with Crippen LogP contribution in [0.1, 0.15) is 32.6 Å². The molecule has 1 aliphatic heterocycles. The number of benzene rings is 1. The molecule has 2 amide bonds. The van der Waals surface area contributed by atoms with Gasteiger partial charge in [0.15, 0.2) is 0 Å². The number of halogens is 4. The molecular formula is C16H17BrF3N3O3. The van der Waals surface area contributed by atoms with Gasteiger partial charge in [0.1, 0.15) is 0 Å². The molecule has 0 aliphatic carbocycles. The van der Waals surface area contributed by atoms with Crippen LogP contribution in [0.25, 0.3) is 0 Å². The molecule has 1 heterocycles. The minimum atomic E-state index is -5.15. The molecule has 0 spiro atoms. The Balaban J connectivity index is 2.22. The molecule has 0 saturated heterocycles. The maximum absolute atomic E-state index is 13.3. The number of nitrogens with zero attached hydrogens (tertiary/aromatic N) is 2. The van der Waals surface area contributed by atoms with Crippen LogP contribution >= 0.6 is 15.9 Å². The maximum atomic E-state index is 13.3. The second-order valence-electron chi connectivity index (χ2n) is 5.84. The monoisotopic (exact) mass is 435 g/mol. The van der Waals surface area contributed by atoms with Crippen molar-refractivity contribution in [1.29, 1.82) is 0 Å². The molecule has 142 valence electrons. The van der Waals surface area contributed by atoms with E-state index >= 15 is 0 Å². The molecule has 1 aliphatic rings. The highest BCUT2D eigenvalue weighted by Gasteiger charge is 2.63. The molecule has 1 aromatic rings. The molecule has 2 N–H and O–H groups in total. The fourth-order valence-corrected chi connectivity index (χ4v) is 2.65. The molecule has 0 saturated carbocycles. The molecule has 0 fully saturated rings. The number of hydrogen-bond acceptors (Lipinski definition) is 4. The van der Waals surface area contributed by atoms with Crippen LogP contribution in [0, 0.1) is 0 Å². The highest BCUT2D eigenvalue weighted by Crippen LogP contribution is 2.41. The van der Waals surface area contributed by atoms with Crippen molar-refractivity contribution in [2.45, 2.75) is 44.5 Å². The summed E-state index contributed by atoms with van der Waals surface area (Å²) >= 11 is 3.19. The van der Waals surface area contributed by atoms with Crippen molar-refractivity contribution in [2.75, 3.05) is 5.32 Å². The Bertz CT molecular complexity index is 722. The first-order valence-corrected chi connectivity index (χ1v) is 8.64. The lowest BCUT2D eigenvalue weighted by Crippen LogP contribution is -2.58. The van der Waals surface area contributed by atoms with Gasteiger partial charge in [-0.1, -0.05) is 29.3 Å². The summed E-state index contributed by atoms with van der Waals surface area (Å²) < 4.78 is 40.7. The lowest BCUT2D eigenvalue weighted by atomic mass is 10.0. The largest absolute Gasteiger partial charge is 0.438 e. The van der Waals surface area contributed by atoms with E-state index in [1.165, 1.54) is 12.1 Å². The summed E-state index contributed by atoms with van der Waals surface area (Å²) in [5, 5.41) is 15.7. The van der Waals surface area contributed by atoms with Gasteiger partial charge in [-0.25, -0.2) is 0 Å². The second-order valence-corrected chi connectivity index (χ2v) is 6.75. The summed E-state index contributed by atoms with van der Waals surface area (Å²) in [7, 11) is 0. The van der Waals surface area contributed by atoms with Crippen LogP contribution in [-0.2, 0) is 9.59 Å². The van der Waals surface area contributed by atoms with E-state index in [0.717, 1.165) is 4.47 Å². The zero-order chi connectivity index (χ0) is 19.5. The van der Waals surface area contributed by atoms with Crippen LogP contribution in [0.2, 0.25) is 0 Å². The van der Waals surface area contributed by atoms with Gasteiger partial charge in [-0.3, -0.25) is 9.59 Å². The average molecular weight is 436 g/mol. The van der Waals surface area contributed by atoms with E-state index in [1.54, 1.807) is 12.1 Å². The summed E-state index contributed by atoms with van der Waals surface area (Å²) in [4.78, 5) is 24.3. The van der Waals surface area contributed by atoms with Crippen LogP contribution in [0.5, 0.6) is 0 Å². The van der Waals surface area contributed by atoms with Crippen molar-refractivity contribution in [3.05, 3.63) is 28.7 Å². The minimum Gasteiger partial charge on any atom is -0.362 e. The molecule has 0 bridgehead atoms.